The molecule has 0 bridgehead atoms. The topological polar surface area (TPSA) is 90.6 Å². The van der Waals surface area contributed by atoms with Gasteiger partial charge in [-0.3, -0.25) is 18.7 Å². The van der Waals surface area contributed by atoms with Gasteiger partial charge >= 0.3 is 17.8 Å². The van der Waals surface area contributed by atoms with E-state index in [-0.39, 0.29) is 24.5 Å². The number of amides is 1. The molecule has 2 heterocycles. The van der Waals surface area contributed by atoms with Gasteiger partial charge in [0.15, 0.2) is 0 Å². The average Bonchev–Trinajstić information content (AvgIpc) is 2.84. The summed E-state index contributed by atoms with van der Waals surface area (Å²) < 4.78 is 46.7. The van der Waals surface area contributed by atoms with Crippen molar-refractivity contribution in [3.8, 4) is 5.69 Å². The van der Waals surface area contributed by atoms with Crippen molar-refractivity contribution in [2.45, 2.75) is 32.5 Å². The second kappa shape index (κ2) is 9.89. The maximum atomic E-state index is 13.4. The molecule has 2 aromatic carbocycles. The average molecular weight is 536 g/mol. The van der Waals surface area contributed by atoms with Crippen molar-refractivity contribution in [3.05, 3.63) is 90.7 Å². The Morgan fingerprint density at radius 2 is 1.84 bits per heavy atom. The molecule has 8 nitrogen and oxygen atoms in total. The zero-order chi connectivity index (χ0) is 27.1. The van der Waals surface area contributed by atoms with E-state index in [0.29, 0.717) is 22.4 Å². The van der Waals surface area contributed by atoms with Crippen LogP contribution in [0.1, 0.15) is 40.4 Å². The molecule has 0 N–H and O–H groups in total. The summed E-state index contributed by atoms with van der Waals surface area (Å²) in [6, 6.07) is 7.99. The van der Waals surface area contributed by atoms with Crippen LogP contribution in [0.25, 0.3) is 5.69 Å². The molecule has 194 valence electrons. The van der Waals surface area contributed by atoms with Crippen molar-refractivity contribution < 1.29 is 27.5 Å². The van der Waals surface area contributed by atoms with Gasteiger partial charge in [0.05, 0.1) is 29.4 Å². The number of hydrogen-bond donors (Lipinski definition) is 0. The van der Waals surface area contributed by atoms with Crippen LogP contribution >= 0.6 is 11.6 Å². The number of hydrogen-bond acceptors (Lipinski definition) is 5. The summed E-state index contributed by atoms with van der Waals surface area (Å²) in [7, 11) is 1.63. The monoisotopic (exact) mass is 535 g/mol. The Morgan fingerprint density at radius 3 is 2.51 bits per heavy atom. The molecule has 12 heteroatoms. The Labute approximate surface area is 213 Å². The van der Waals surface area contributed by atoms with Crippen LogP contribution in [0.3, 0.4) is 0 Å². The second-order valence-corrected chi connectivity index (χ2v) is 8.73. The number of halogens is 4. The predicted molar refractivity (Wildman–Crippen MR) is 130 cm³/mol. The van der Waals surface area contributed by atoms with Crippen LogP contribution in [0.15, 0.2) is 52.2 Å². The fraction of sp³-hybridized carbons (Fsp3) is 0.280. The number of carbonyl (C=O) groups excluding carboxylic acids is 2. The van der Waals surface area contributed by atoms with E-state index < -0.39 is 46.1 Å². The summed E-state index contributed by atoms with van der Waals surface area (Å²) in [5.74, 6) is -1.05. The highest BCUT2D eigenvalue weighted by molar-refractivity contribution is 6.32. The number of anilines is 1. The van der Waals surface area contributed by atoms with Crippen LogP contribution in [0.5, 0.6) is 0 Å². The van der Waals surface area contributed by atoms with Gasteiger partial charge in [0.2, 0.25) is 5.91 Å². The van der Waals surface area contributed by atoms with E-state index in [1.165, 1.54) is 24.0 Å². The lowest BCUT2D eigenvalue weighted by molar-refractivity contribution is -0.137. The fourth-order valence-corrected chi connectivity index (χ4v) is 4.45. The zero-order valence-electron chi connectivity index (χ0n) is 19.8. The van der Waals surface area contributed by atoms with E-state index in [0.717, 1.165) is 28.5 Å². The number of ether oxygens (including phenoxy) is 1. The van der Waals surface area contributed by atoms with Gasteiger partial charge in [-0.15, -0.1) is 0 Å². The van der Waals surface area contributed by atoms with Crippen molar-refractivity contribution in [2.75, 3.05) is 18.6 Å². The van der Waals surface area contributed by atoms with E-state index >= 15 is 0 Å². The van der Waals surface area contributed by atoms with Crippen LogP contribution in [-0.4, -0.2) is 34.7 Å². The molecule has 1 amide bonds. The van der Waals surface area contributed by atoms with Gasteiger partial charge in [-0.25, -0.2) is 9.59 Å². The summed E-state index contributed by atoms with van der Waals surface area (Å²) in [4.78, 5) is 52.7. The minimum atomic E-state index is -4.75. The fourth-order valence-electron chi connectivity index (χ4n) is 4.16. The van der Waals surface area contributed by atoms with Crippen LogP contribution < -0.4 is 16.1 Å². The molecule has 0 atom stereocenters. The van der Waals surface area contributed by atoms with E-state index in [9.17, 15) is 32.3 Å². The number of rotatable bonds is 5. The number of nitrogens with zero attached hydrogens (tertiary/aromatic N) is 3. The maximum Gasteiger partial charge on any atom is 0.417 e. The molecule has 1 aliphatic heterocycles. The van der Waals surface area contributed by atoms with Gasteiger partial charge in [-0.05, 0) is 48.7 Å². The van der Waals surface area contributed by atoms with Crippen LogP contribution in [0, 0.1) is 0 Å². The summed E-state index contributed by atoms with van der Waals surface area (Å²) in [6.45, 7) is 0.877. The number of aryl methyl sites for hydroxylation is 1. The molecule has 0 aliphatic carbocycles. The van der Waals surface area contributed by atoms with Crippen LogP contribution in [0.2, 0.25) is 5.02 Å². The van der Waals surface area contributed by atoms with Crippen molar-refractivity contribution in [1.82, 2.24) is 9.13 Å². The van der Waals surface area contributed by atoms with Gasteiger partial charge in [-0.1, -0.05) is 23.7 Å². The van der Waals surface area contributed by atoms with Crippen LogP contribution in [-0.2, 0) is 28.7 Å². The van der Waals surface area contributed by atoms with Gasteiger partial charge < -0.3 is 9.64 Å². The first-order valence-corrected chi connectivity index (χ1v) is 11.6. The normalized spacial score (nSPS) is 13.5. The highest BCUT2D eigenvalue weighted by atomic mass is 35.5. The lowest BCUT2D eigenvalue weighted by atomic mass is 10.0. The summed E-state index contributed by atoms with van der Waals surface area (Å²) in [6.07, 6.45) is -3.01. The molecule has 0 radical (unpaired) electrons. The zero-order valence-corrected chi connectivity index (χ0v) is 20.5. The first-order valence-electron chi connectivity index (χ1n) is 11.2. The van der Waals surface area contributed by atoms with Gasteiger partial charge in [0.25, 0.3) is 5.56 Å². The van der Waals surface area contributed by atoms with E-state index in [1.54, 1.807) is 19.2 Å². The first-order chi connectivity index (χ1) is 17.4. The van der Waals surface area contributed by atoms with Crippen molar-refractivity contribution in [3.63, 3.8) is 0 Å². The van der Waals surface area contributed by atoms with Gasteiger partial charge in [-0.2, -0.15) is 13.2 Å². The highest BCUT2D eigenvalue weighted by Gasteiger charge is 2.34. The first kappa shape index (κ1) is 26.2. The minimum Gasteiger partial charge on any atom is -0.462 e. The number of fused-ring (bicyclic) bond motifs is 1. The molecule has 3 aromatic rings. The van der Waals surface area contributed by atoms with Crippen molar-refractivity contribution in [1.29, 1.82) is 0 Å². The maximum absolute atomic E-state index is 13.4. The lowest BCUT2D eigenvalue weighted by Gasteiger charge is -2.26. The Balaban J connectivity index is 1.90. The van der Waals surface area contributed by atoms with Gasteiger partial charge in [0, 0.05) is 25.4 Å². The Bertz CT molecular complexity index is 1530. The summed E-state index contributed by atoms with van der Waals surface area (Å²) in [5.41, 5.74) is -1.94. The molecule has 1 aromatic heterocycles. The van der Waals surface area contributed by atoms with Crippen molar-refractivity contribution in [2.24, 2.45) is 0 Å². The largest absolute Gasteiger partial charge is 0.462 e. The number of benzene rings is 2. The predicted octanol–water partition coefficient (Wildman–Crippen LogP) is 3.81. The number of alkyl halides is 3. The minimum absolute atomic E-state index is 0.0456. The Kier molecular flexibility index (Phi) is 7.00. The molecule has 4 rings (SSSR count). The molecular formula is C25H21ClF3N3O5. The molecule has 1 aliphatic rings. The van der Waals surface area contributed by atoms with Crippen molar-refractivity contribution >= 4 is 29.2 Å². The summed E-state index contributed by atoms with van der Waals surface area (Å²) in [5, 5.41) is -0.657. The molecule has 37 heavy (non-hydrogen) atoms. The van der Waals surface area contributed by atoms with E-state index in [4.69, 9.17) is 16.3 Å². The highest BCUT2D eigenvalue weighted by Crippen LogP contribution is 2.36. The van der Waals surface area contributed by atoms with E-state index in [1.807, 2.05) is 0 Å². The lowest BCUT2D eigenvalue weighted by Crippen LogP contribution is -2.42. The number of carbonyl (C=O) groups is 2. The SMILES string of the molecule is CCOC(=O)c1cn(-c2ccc3c(c2)CCC(=O)N3C)c(=O)n(Cc2cccc(C(F)(F)F)c2Cl)c1=O. The molecule has 0 spiro atoms. The third kappa shape index (κ3) is 4.91. The molecule has 0 saturated heterocycles. The molecule has 0 unspecified atom stereocenters. The standard InChI is InChI=1S/C25H21ClF3N3O5/c1-3-37-23(35)17-13-31(16-8-9-19-14(11-16)7-10-20(33)30(19)2)24(36)32(22(17)34)12-15-5-4-6-18(21(15)26)25(27,28)29/h4-6,8-9,11,13H,3,7,10,12H2,1-2H3. The van der Waals surface area contributed by atoms with Crippen LogP contribution in [0.4, 0.5) is 18.9 Å². The summed E-state index contributed by atoms with van der Waals surface area (Å²) >= 11 is 5.99. The molecular weight excluding hydrogens is 515 g/mol. The Morgan fingerprint density at radius 1 is 1.11 bits per heavy atom. The molecule has 0 fully saturated rings. The number of esters is 1. The van der Waals surface area contributed by atoms with Gasteiger partial charge in [0.1, 0.15) is 5.56 Å². The molecule has 0 saturated carbocycles. The van der Waals surface area contributed by atoms with E-state index in [2.05, 4.69) is 0 Å². The quantitative estimate of drug-likeness (QED) is 0.464. The Hall–Kier alpha value is -3.86. The smallest absolute Gasteiger partial charge is 0.417 e. The number of aromatic nitrogens is 2. The third-order valence-electron chi connectivity index (χ3n) is 6.06. The second-order valence-electron chi connectivity index (χ2n) is 8.35. The third-order valence-corrected chi connectivity index (χ3v) is 6.51.